The quantitative estimate of drug-likeness (QED) is 0.674. The molecule has 0 spiro atoms. The molecular formula is C10H20ClN. The first-order valence-electron chi connectivity index (χ1n) is 4.86. The van der Waals surface area contributed by atoms with E-state index < -0.39 is 0 Å². The van der Waals surface area contributed by atoms with Crippen LogP contribution in [0.3, 0.4) is 0 Å². The zero-order valence-corrected chi connectivity index (χ0v) is 8.86. The lowest BCUT2D eigenvalue weighted by Crippen LogP contribution is -2.53. The Kier molecular flexibility index (Phi) is 2.75. The zero-order valence-electron chi connectivity index (χ0n) is 8.05. The molecule has 3 aliphatic carbocycles. The van der Waals surface area contributed by atoms with E-state index in [1.807, 2.05) is 0 Å². The van der Waals surface area contributed by atoms with E-state index in [0.717, 1.165) is 24.3 Å². The van der Waals surface area contributed by atoms with Crippen molar-refractivity contribution in [1.29, 1.82) is 0 Å². The van der Waals surface area contributed by atoms with Crippen molar-refractivity contribution < 1.29 is 0 Å². The third kappa shape index (κ3) is 1.18. The number of rotatable bonds is 1. The molecular weight excluding hydrogens is 170 g/mol. The highest BCUT2D eigenvalue weighted by atomic mass is 35.5. The molecule has 2 N–H and O–H groups in total. The number of halogens is 1. The molecule has 0 saturated heterocycles. The van der Waals surface area contributed by atoms with Crippen LogP contribution in [0.4, 0.5) is 0 Å². The molecule has 3 saturated carbocycles. The topological polar surface area (TPSA) is 26.0 Å². The van der Waals surface area contributed by atoms with Crippen molar-refractivity contribution in [3.05, 3.63) is 0 Å². The summed E-state index contributed by atoms with van der Waals surface area (Å²) in [5.41, 5.74) is 6.37. The molecule has 2 bridgehead atoms. The van der Waals surface area contributed by atoms with E-state index in [4.69, 9.17) is 5.73 Å². The molecule has 3 rings (SSSR count). The lowest BCUT2D eigenvalue weighted by molar-refractivity contribution is -0.101. The Morgan fingerprint density at radius 3 is 2.33 bits per heavy atom. The fourth-order valence-corrected chi connectivity index (χ4v) is 3.24. The van der Waals surface area contributed by atoms with E-state index in [9.17, 15) is 0 Å². The number of hydrogen-bond acceptors (Lipinski definition) is 1. The Balaban J connectivity index is 0.000000720. The summed E-state index contributed by atoms with van der Waals surface area (Å²) in [4.78, 5) is 0. The van der Waals surface area contributed by atoms with Gasteiger partial charge in [-0.25, -0.2) is 0 Å². The van der Waals surface area contributed by atoms with Gasteiger partial charge in [-0.2, -0.15) is 0 Å². The summed E-state index contributed by atoms with van der Waals surface area (Å²) in [5, 5.41) is 0. The normalized spacial score (nSPS) is 42.8. The molecule has 0 heterocycles. The smallest absolute Gasteiger partial charge is 0.00460 e. The maximum atomic E-state index is 5.74. The van der Waals surface area contributed by atoms with Crippen molar-refractivity contribution >= 4 is 12.4 Å². The molecule has 1 nitrogen and oxygen atoms in total. The average Bonchev–Trinajstić information content (AvgIpc) is 2.04. The van der Waals surface area contributed by atoms with Gasteiger partial charge in [-0.05, 0) is 49.0 Å². The number of fused-ring (bicyclic) bond motifs is 2. The largest absolute Gasteiger partial charge is 0.330 e. The maximum absolute atomic E-state index is 5.74. The summed E-state index contributed by atoms with van der Waals surface area (Å²) in [6.07, 6.45) is 4.30. The van der Waals surface area contributed by atoms with Crippen LogP contribution in [0.15, 0.2) is 0 Å². The lowest BCUT2D eigenvalue weighted by atomic mass is 9.45. The van der Waals surface area contributed by atoms with Crippen LogP contribution in [0.5, 0.6) is 0 Å². The minimum absolute atomic E-state index is 0. The van der Waals surface area contributed by atoms with Gasteiger partial charge in [0, 0.05) is 0 Å². The molecule has 0 amide bonds. The zero-order chi connectivity index (χ0) is 8.06. The van der Waals surface area contributed by atoms with E-state index in [0.29, 0.717) is 5.41 Å². The van der Waals surface area contributed by atoms with Gasteiger partial charge >= 0.3 is 0 Å². The second-order valence-electron chi connectivity index (χ2n) is 4.93. The Morgan fingerprint density at radius 2 is 2.00 bits per heavy atom. The van der Waals surface area contributed by atoms with E-state index in [2.05, 4.69) is 13.8 Å². The maximum Gasteiger partial charge on any atom is -0.00460 e. The molecule has 3 fully saturated rings. The third-order valence-electron chi connectivity index (χ3n) is 4.30. The second kappa shape index (κ2) is 3.19. The Bertz CT molecular complexity index is 165. The molecule has 0 radical (unpaired) electrons. The average molecular weight is 190 g/mol. The summed E-state index contributed by atoms with van der Waals surface area (Å²) < 4.78 is 0. The van der Waals surface area contributed by atoms with E-state index in [1.165, 1.54) is 19.3 Å². The van der Waals surface area contributed by atoms with E-state index in [1.54, 1.807) is 0 Å². The molecule has 3 aliphatic rings. The van der Waals surface area contributed by atoms with Crippen LogP contribution in [0, 0.1) is 23.2 Å². The molecule has 0 aliphatic heterocycles. The van der Waals surface area contributed by atoms with Gasteiger partial charge in [-0.15, -0.1) is 12.4 Å². The minimum Gasteiger partial charge on any atom is -0.330 e. The number of hydrogen-bond donors (Lipinski definition) is 1. The van der Waals surface area contributed by atoms with Crippen LogP contribution in [-0.4, -0.2) is 6.54 Å². The van der Waals surface area contributed by atoms with E-state index in [-0.39, 0.29) is 12.4 Å². The van der Waals surface area contributed by atoms with Crippen LogP contribution >= 0.6 is 12.4 Å². The van der Waals surface area contributed by atoms with Gasteiger partial charge in [-0.3, -0.25) is 0 Å². The summed E-state index contributed by atoms with van der Waals surface area (Å²) in [5.74, 6) is 2.82. The predicted molar refractivity (Wildman–Crippen MR) is 54.4 cm³/mol. The monoisotopic (exact) mass is 189 g/mol. The lowest BCUT2D eigenvalue weighted by Gasteiger charge is -2.60. The van der Waals surface area contributed by atoms with Gasteiger partial charge in [0.15, 0.2) is 0 Å². The fraction of sp³-hybridized carbons (Fsp3) is 1.00. The summed E-state index contributed by atoms with van der Waals surface area (Å²) in [6.45, 7) is 5.77. The van der Waals surface area contributed by atoms with Gasteiger partial charge in [0.1, 0.15) is 0 Å². The molecule has 72 valence electrons. The van der Waals surface area contributed by atoms with Crippen molar-refractivity contribution in [3.63, 3.8) is 0 Å². The molecule has 0 aromatic carbocycles. The molecule has 3 atom stereocenters. The summed E-state index contributed by atoms with van der Waals surface area (Å²) in [7, 11) is 0. The highest BCUT2D eigenvalue weighted by Crippen LogP contribution is 2.60. The van der Waals surface area contributed by atoms with Crippen molar-refractivity contribution in [2.45, 2.75) is 33.1 Å². The molecule has 2 heteroatoms. The Labute approximate surface area is 81.5 Å². The Hall–Kier alpha value is 0.250. The number of nitrogens with two attached hydrogens (primary N) is 1. The highest BCUT2D eigenvalue weighted by Gasteiger charge is 2.53. The van der Waals surface area contributed by atoms with E-state index >= 15 is 0 Å². The van der Waals surface area contributed by atoms with Gasteiger partial charge in [0.05, 0.1) is 0 Å². The van der Waals surface area contributed by atoms with Gasteiger partial charge in [0.25, 0.3) is 0 Å². The van der Waals surface area contributed by atoms with Crippen LogP contribution in [0.2, 0.25) is 0 Å². The predicted octanol–water partition coefficient (Wildman–Crippen LogP) is 2.44. The second-order valence-corrected chi connectivity index (χ2v) is 4.93. The van der Waals surface area contributed by atoms with Crippen molar-refractivity contribution in [2.75, 3.05) is 6.54 Å². The fourth-order valence-electron chi connectivity index (χ4n) is 3.24. The van der Waals surface area contributed by atoms with Gasteiger partial charge in [0.2, 0.25) is 0 Å². The molecule has 0 aromatic rings. The van der Waals surface area contributed by atoms with Crippen molar-refractivity contribution in [3.8, 4) is 0 Å². The van der Waals surface area contributed by atoms with Crippen LogP contribution in [-0.2, 0) is 0 Å². The van der Waals surface area contributed by atoms with Crippen LogP contribution in [0.25, 0.3) is 0 Å². The minimum atomic E-state index is 0. The van der Waals surface area contributed by atoms with Crippen molar-refractivity contribution in [1.82, 2.24) is 0 Å². The van der Waals surface area contributed by atoms with Gasteiger partial charge in [-0.1, -0.05) is 13.8 Å². The van der Waals surface area contributed by atoms with Crippen molar-refractivity contribution in [2.24, 2.45) is 28.9 Å². The third-order valence-corrected chi connectivity index (χ3v) is 4.30. The first-order valence-corrected chi connectivity index (χ1v) is 4.86. The molecule has 0 unspecified atom stereocenters. The summed E-state index contributed by atoms with van der Waals surface area (Å²) in [6, 6.07) is 0. The molecule has 12 heavy (non-hydrogen) atoms. The van der Waals surface area contributed by atoms with Crippen LogP contribution in [0.1, 0.15) is 33.1 Å². The highest BCUT2D eigenvalue weighted by molar-refractivity contribution is 5.85. The van der Waals surface area contributed by atoms with Gasteiger partial charge < -0.3 is 5.73 Å². The SMILES string of the molecule is CC1(C)[C@H]2CC[C@@H](CN)[C@@H]1C2.Cl. The Morgan fingerprint density at radius 1 is 1.33 bits per heavy atom. The standard InChI is InChI=1S/C10H19N.ClH/c1-10(2)8-4-3-7(6-11)9(10)5-8;/h7-9H,3-6,11H2,1-2H3;1H/t7-,8-,9-;/m0./s1. The summed E-state index contributed by atoms with van der Waals surface area (Å²) >= 11 is 0. The van der Waals surface area contributed by atoms with Crippen LogP contribution < -0.4 is 5.73 Å². The first-order chi connectivity index (χ1) is 5.16. The molecule has 0 aromatic heterocycles. The first kappa shape index (κ1) is 10.3.